The highest BCUT2D eigenvalue weighted by Gasteiger charge is 2.53. The number of carbonyl (C=O) groups excluding carboxylic acids is 1. The first kappa shape index (κ1) is 23.9. The van der Waals surface area contributed by atoms with Gasteiger partial charge in [0.05, 0.1) is 11.7 Å². The van der Waals surface area contributed by atoms with Gasteiger partial charge >= 0.3 is 11.8 Å². The molecule has 1 fully saturated rings. The van der Waals surface area contributed by atoms with Gasteiger partial charge < -0.3 is 19.7 Å². The molecule has 1 saturated heterocycles. The number of aromatic nitrogens is 2. The predicted octanol–water partition coefficient (Wildman–Crippen LogP) is 4.67. The minimum Gasteiger partial charge on any atom is -0.442 e. The molecule has 180 valence electrons. The Hall–Kier alpha value is -3.26. The highest BCUT2D eigenvalue weighted by molar-refractivity contribution is 5.70. The maximum absolute atomic E-state index is 13.7. The van der Waals surface area contributed by atoms with Crippen molar-refractivity contribution in [1.82, 2.24) is 14.9 Å². The number of hydrogen-bond acceptors (Lipinski definition) is 5. The SMILES string of the molecule is C[C@@H](c1ccc(-c2ccnc(=O)[nH]2)cc1)N1CC[C@](CCCO)(C2(C)C=CC(F)=CC2)OC1=O. The summed E-state index contributed by atoms with van der Waals surface area (Å²) in [6.45, 7) is 4.42. The number of benzene rings is 1. The Labute approximate surface area is 198 Å². The molecule has 4 rings (SSSR count). The molecule has 1 aromatic heterocycles. The lowest BCUT2D eigenvalue weighted by Gasteiger charge is -2.51. The molecule has 7 nitrogen and oxygen atoms in total. The second kappa shape index (κ2) is 9.54. The number of allylic oxidation sites excluding steroid dienone is 3. The van der Waals surface area contributed by atoms with E-state index in [2.05, 4.69) is 9.97 Å². The van der Waals surface area contributed by atoms with Crippen molar-refractivity contribution in [3.05, 3.63) is 76.6 Å². The van der Waals surface area contributed by atoms with Gasteiger partial charge in [0.25, 0.3) is 0 Å². The van der Waals surface area contributed by atoms with Crippen LogP contribution in [0.1, 0.15) is 51.1 Å². The highest BCUT2D eigenvalue weighted by Crippen LogP contribution is 2.49. The molecule has 2 aromatic rings. The van der Waals surface area contributed by atoms with E-state index in [1.165, 1.54) is 18.3 Å². The molecule has 0 radical (unpaired) electrons. The third kappa shape index (κ3) is 4.55. The number of aliphatic hydroxyl groups is 1. The average Bonchev–Trinajstić information content (AvgIpc) is 2.84. The van der Waals surface area contributed by atoms with Crippen LogP contribution < -0.4 is 5.69 Å². The lowest BCUT2D eigenvalue weighted by Crippen LogP contribution is -2.57. The van der Waals surface area contributed by atoms with Gasteiger partial charge in [-0.1, -0.05) is 37.3 Å². The Morgan fingerprint density at radius 1 is 1.26 bits per heavy atom. The first-order valence-electron chi connectivity index (χ1n) is 11.6. The molecule has 2 aliphatic rings. The van der Waals surface area contributed by atoms with Crippen LogP contribution in [0.4, 0.5) is 9.18 Å². The van der Waals surface area contributed by atoms with E-state index in [-0.39, 0.29) is 18.5 Å². The number of carbonyl (C=O) groups is 1. The summed E-state index contributed by atoms with van der Waals surface area (Å²) in [6, 6.07) is 9.16. The van der Waals surface area contributed by atoms with Crippen molar-refractivity contribution < 1.29 is 19.0 Å². The van der Waals surface area contributed by atoms with Gasteiger partial charge in [-0.15, -0.1) is 0 Å². The van der Waals surface area contributed by atoms with Crippen molar-refractivity contribution >= 4 is 6.09 Å². The minimum atomic E-state index is -0.812. The van der Waals surface area contributed by atoms with Gasteiger partial charge in [-0.3, -0.25) is 0 Å². The van der Waals surface area contributed by atoms with Gasteiger partial charge in [-0.05, 0) is 55.5 Å². The maximum atomic E-state index is 13.7. The topological polar surface area (TPSA) is 95.5 Å². The Morgan fingerprint density at radius 3 is 2.65 bits per heavy atom. The van der Waals surface area contributed by atoms with E-state index in [1.807, 2.05) is 38.1 Å². The fraction of sp³-hybridized carbons (Fsp3) is 0.423. The number of amides is 1. The number of halogens is 1. The molecule has 34 heavy (non-hydrogen) atoms. The van der Waals surface area contributed by atoms with Crippen LogP contribution in [-0.2, 0) is 4.74 Å². The number of hydrogen-bond donors (Lipinski definition) is 2. The molecule has 3 atom stereocenters. The number of nitrogens with one attached hydrogen (secondary N) is 1. The standard InChI is InChI=1S/C26H30FN3O4/c1-18(19-4-6-20(7-5-19)22-10-15-28-23(32)29-22)30-16-14-26(11-3-17-31,34-24(30)33)25(2)12-8-21(27)9-13-25/h4-10,12,15,18,31H,3,11,13-14,16-17H2,1-2H3,(H,28,29,32)/t18-,25?,26+/m0/s1. The van der Waals surface area contributed by atoms with Crippen LogP contribution in [0, 0.1) is 5.41 Å². The fourth-order valence-electron chi connectivity index (χ4n) is 4.95. The summed E-state index contributed by atoms with van der Waals surface area (Å²) in [5, 5.41) is 9.45. The van der Waals surface area contributed by atoms with Crippen LogP contribution in [0.2, 0.25) is 0 Å². The van der Waals surface area contributed by atoms with E-state index in [1.54, 1.807) is 17.0 Å². The van der Waals surface area contributed by atoms with Crippen LogP contribution in [0.5, 0.6) is 0 Å². The van der Waals surface area contributed by atoms with E-state index in [0.29, 0.717) is 37.9 Å². The van der Waals surface area contributed by atoms with Gasteiger partial charge in [0.2, 0.25) is 0 Å². The second-order valence-corrected chi connectivity index (χ2v) is 9.26. The molecule has 0 spiro atoms. The van der Waals surface area contributed by atoms with Gasteiger partial charge in [-0.2, -0.15) is 0 Å². The number of cyclic esters (lactones) is 1. The monoisotopic (exact) mass is 467 g/mol. The fourth-order valence-corrected chi connectivity index (χ4v) is 4.95. The Morgan fingerprint density at radius 2 is 2.03 bits per heavy atom. The number of H-pyrrole nitrogens is 1. The zero-order valence-corrected chi connectivity index (χ0v) is 19.5. The quantitative estimate of drug-likeness (QED) is 0.617. The van der Waals surface area contributed by atoms with Crippen molar-refractivity contribution in [3.8, 4) is 11.3 Å². The summed E-state index contributed by atoms with van der Waals surface area (Å²) < 4.78 is 19.8. The summed E-state index contributed by atoms with van der Waals surface area (Å²) in [5.74, 6) is -0.286. The third-order valence-corrected chi connectivity index (χ3v) is 7.23. The average molecular weight is 468 g/mol. The van der Waals surface area contributed by atoms with E-state index in [0.717, 1.165) is 11.1 Å². The molecule has 8 heteroatoms. The zero-order chi connectivity index (χ0) is 24.3. The number of nitrogens with zero attached hydrogens (tertiary/aromatic N) is 2. The molecule has 0 bridgehead atoms. The van der Waals surface area contributed by atoms with Crippen molar-refractivity contribution in [2.45, 2.75) is 51.2 Å². The van der Waals surface area contributed by atoms with E-state index in [9.17, 15) is 19.1 Å². The summed E-state index contributed by atoms with van der Waals surface area (Å²) in [6.07, 6.45) is 7.83. The first-order chi connectivity index (χ1) is 16.3. The van der Waals surface area contributed by atoms with E-state index >= 15 is 0 Å². The Kier molecular flexibility index (Phi) is 6.70. The molecular weight excluding hydrogens is 437 g/mol. The molecular formula is C26H30FN3O4. The maximum Gasteiger partial charge on any atom is 0.410 e. The lowest BCUT2D eigenvalue weighted by molar-refractivity contribution is -0.118. The Bertz CT molecular complexity index is 1160. The minimum absolute atomic E-state index is 0.00148. The van der Waals surface area contributed by atoms with Crippen LogP contribution in [-0.4, -0.2) is 44.8 Å². The smallest absolute Gasteiger partial charge is 0.410 e. The molecule has 1 unspecified atom stereocenters. The van der Waals surface area contributed by atoms with Crippen molar-refractivity contribution in [2.75, 3.05) is 13.2 Å². The number of ether oxygens (including phenoxy) is 1. The summed E-state index contributed by atoms with van der Waals surface area (Å²) >= 11 is 0. The highest BCUT2D eigenvalue weighted by atomic mass is 19.1. The van der Waals surface area contributed by atoms with Gasteiger partial charge in [-0.25, -0.2) is 19.0 Å². The van der Waals surface area contributed by atoms with Crippen molar-refractivity contribution in [3.63, 3.8) is 0 Å². The van der Waals surface area contributed by atoms with Crippen LogP contribution >= 0.6 is 0 Å². The summed E-state index contributed by atoms with van der Waals surface area (Å²) in [7, 11) is 0. The number of aromatic amines is 1. The van der Waals surface area contributed by atoms with Crippen LogP contribution in [0.15, 0.2) is 65.4 Å². The van der Waals surface area contributed by atoms with Crippen molar-refractivity contribution in [1.29, 1.82) is 0 Å². The molecule has 1 aliphatic carbocycles. The van der Waals surface area contributed by atoms with Crippen LogP contribution in [0.3, 0.4) is 0 Å². The molecule has 1 amide bonds. The molecule has 0 saturated carbocycles. The first-order valence-corrected chi connectivity index (χ1v) is 11.6. The van der Waals surface area contributed by atoms with Gasteiger partial charge in [0.1, 0.15) is 11.4 Å². The number of aliphatic hydroxyl groups excluding tert-OH is 1. The van der Waals surface area contributed by atoms with Crippen LogP contribution in [0.25, 0.3) is 11.3 Å². The van der Waals surface area contributed by atoms with E-state index < -0.39 is 22.8 Å². The number of rotatable bonds is 7. The zero-order valence-electron chi connectivity index (χ0n) is 19.5. The molecule has 2 heterocycles. The normalized spacial score (nSPS) is 25.6. The molecule has 1 aromatic carbocycles. The molecule has 1 aliphatic heterocycles. The third-order valence-electron chi connectivity index (χ3n) is 7.23. The Balaban J connectivity index is 1.52. The second-order valence-electron chi connectivity index (χ2n) is 9.26. The van der Waals surface area contributed by atoms with Gasteiger partial charge in [0, 0.05) is 31.2 Å². The molecule has 2 N–H and O–H groups in total. The summed E-state index contributed by atoms with van der Waals surface area (Å²) in [4.78, 5) is 32.8. The lowest BCUT2D eigenvalue weighted by atomic mass is 9.65. The largest absolute Gasteiger partial charge is 0.442 e. The van der Waals surface area contributed by atoms with Crippen molar-refractivity contribution in [2.24, 2.45) is 5.41 Å². The van der Waals surface area contributed by atoms with E-state index in [4.69, 9.17) is 4.74 Å². The van der Waals surface area contributed by atoms with Gasteiger partial charge in [0.15, 0.2) is 0 Å². The predicted molar refractivity (Wildman–Crippen MR) is 127 cm³/mol. The summed E-state index contributed by atoms with van der Waals surface area (Å²) in [5.41, 5.74) is 0.685.